The van der Waals surface area contributed by atoms with E-state index in [0.717, 1.165) is 24.2 Å². The zero-order valence-electron chi connectivity index (χ0n) is 14.4. The maximum absolute atomic E-state index is 12.3. The van der Waals surface area contributed by atoms with E-state index in [1.807, 2.05) is 26.0 Å². The van der Waals surface area contributed by atoms with Crippen molar-refractivity contribution >= 4 is 17.5 Å². The summed E-state index contributed by atoms with van der Waals surface area (Å²) in [6.07, 6.45) is 2.44. The summed E-state index contributed by atoms with van der Waals surface area (Å²) < 4.78 is 10.9. The first-order valence-electron chi connectivity index (χ1n) is 8.57. The minimum Gasteiger partial charge on any atom is -0.493 e. The molecule has 1 amide bonds. The molecule has 1 atom stereocenters. The van der Waals surface area contributed by atoms with Gasteiger partial charge in [-0.2, -0.15) is 4.98 Å². The Morgan fingerprint density at radius 3 is 3.04 bits per heavy atom. The van der Waals surface area contributed by atoms with Gasteiger partial charge in [-0.1, -0.05) is 36.7 Å². The van der Waals surface area contributed by atoms with Crippen LogP contribution in [0.5, 0.6) is 5.75 Å². The highest BCUT2D eigenvalue weighted by Crippen LogP contribution is 2.33. The normalized spacial score (nSPS) is 16.9. The lowest BCUT2D eigenvalue weighted by molar-refractivity contribution is -0.121. The van der Waals surface area contributed by atoms with Gasteiger partial charge in [-0.05, 0) is 25.0 Å². The molecular weight excluding hydrogens is 342 g/mol. The summed E-state index contributed by atoms with van der Waals surface area (Å²) in [7, 11) is 0. The Morgan fingerprint density at radius 1 is 1.44 bits per heavy atom. The number of benzene rings is 1. The number of fused-ring (bicyclic) bond motifs is 1. The van der Waals surface area contributed by atoms with Gasteiger partial charge in [-0.15, -0.1) is 0 Å². The smallest absolute Gasteiger partial charge is 0.227 e. The first kappa shape index (κ1) is 17.7. The maximum atomic E-state index is 12.3. The average Bonchev–Trinajstić information content (AvgIpc) is 2.97. The number of rotatable bonds is 5. The monoisotopic (exact) mass is 363 g/mol. The number of aromatic nitrogens is 2. The van der Waals surface area contributed by atoms with Gasteiger partial charge in [0.2, 0.25) is 11.8 Å². The summed E-state index contributed by atoms with van der Waals surface area (Å²) in [5.74, 6) is 2.07. The highest BCUT2D eigenvalue weighted by atomic mass is 35.5. The number of carbonyl (C=O) groups is 1. The Kier molecular flexibility index (Phi) is 5.58. The van der Waals surface area contributed by atoms with E-state index in [4.69, 9.17) is 20.9 Å². The van der Waals surface area contributed by atoms with Crippen molar-refractivity contribution in [1.82, 2.24) is 15.5 Å². The molecule has 0 saturated carbocycles. The van der Waals surface area contributed by atoms with E-state index in [9.17, 15) is 4.79 Å². The summed E-state index contributed by atoms with van der Waals surface area (Å²) in [4.78, 5) is 16.6. The molecule has 2 aromatic rings. The van der Waals surface area contributed by atoms with Crippen LogP contribution in [-0.2, 0) is 11.2 Å². The summed E-state index contributed by atoms with van der Waals surface area (Å²) in [5, 5.41) is 7.62. The van der Waals surface area contributed by atoms with Gasteiger partial charge in [-0.3, -0.25) is 4.79 Å². The average molecular weight is 364 g/mol. The van der Waals surface area contributed by atoms with Crippen LogP contribution < -0.4 is 10.1 Å². The Balaban J connectivity index is 1.60. The maximum Gasteiger partial charge on any atom is 0.227 e. The molecular formula is C18H22ClN3O3. The molecule has 0 spiro atoms. The van der Waals surface area contributed by atoms with Gasteiger partial charge in [0, 0.05) is 29.3 Å². The Bertz CT molecular complexity index is 745. The molecule has 3 rings (SSSR count). The molecule has 1 aliphatic heterocycles. The van der Waals surface area contributed by atoms with Gasteiger partial charge in [-0.25, -0.2) is 0 Å². The number of nitrogens with one attached hydrogen (secondary N) is 1. The molecule has 25 heavy (non-hydrogen) atoms. The second kappa shape index (κ2) is 7.87. The third-order valence-corrected chi connectivity index (χ3v) is 4.38. The molecule has 1 aromatic carbocycles. The van der Waals surface area contributed by atoms with Crippen LogP contribution in [0, 0.1) is 0 Å². The van der Waals surface area contributed by atoms with E-state index >= 15 is 0 Å². The molecule has 6 nitrogen and oxygen atoms in total. The zero-order valence-corrected chi connectivity index (χ0v) is 15.2. The van der Waals surface area contributed by atoms with Crippen molar-refractivity contribution in [2.75, 3.05) is 6.61 Å². The number of ether oxygens (including phenoxy) is 1. The number of nitrogens with zero attached hydrogens (tertiary/aromatic N) is 2. The van der Waals surface area contributed by atoms with Gasteiger partial charge in [0.25, 0.3) is 0 Å². The van der Waals surface area contributed by atoms with Crippen molar-refractivity contribution in [3.8, 4) is 5.75 Å². The van der Waals surface area contributed by atoms with E-state index in [2.05, 4.69) is 15.5 Å². The molecule has 0 fully saturated rings. The Labute approximate surface area is 151 Å². The second-order valence-electron chi connectivity index (χ2n) is 6.49. The molecule has 0 unspecified atom stereocenters. The van der Waals surface area contributed by atoms with E-state index in [0.29, 0.717) is 36.2 Å². The number of aryl methyl sites for hydroxylation is 1. The van der Waals surface area contributed by atoms with Gasteiger partial charge in [0.05, 0.1) is 12.6 Å². The van der Waals surface area contributed by atoms with E-state index in [1.54, 1.807) is 6.07 Å². The second-order valence-corrected chi connectivity index (χ2v) is 6.93. The molecule has 1 aromatic heterocycles. The molecule has 0 bridgehead atoms. The predicted molar refractivity (Wildman–Crippen MR) is 93.8 cm³/mol. The van der Waals surface area contributed by atoms with Crippen molar-refractivity contribution in [3.63, 3.8) is 0 Å². The predicted octanol–water partition coefficient (Wildman–Crippen LogP) is 3.81. The number of amides is 1. The van der Waals surface area contributed by atoms with E-state index < -0.39 is 0 Å². The first-order valence-corrected chi connectivity index (χ1v) is 8.95. The molecule has 2 heterocycles. The van der Waals surface area contributed by atoms with Crippen molar-refractivity contribution < 1.29 is 14.1 Å². The van der Waals surface area contributed by atoms with Crippen LogP contribution in [0.25, 0.3) is 0 Å². The fourth-order valence-electron chi connectivity index (χ4n) is 2.79. The molecule has 0 radical (unpaired) electrons. The third kappa shape index (κ3) is 4.51. The van der Waals surface area contributed by atoms with E-state index in [-0.39, 0.29) is 17.9 Å². The minimum atomic E-state index is -0.0730. The van der Waals surface area contributed by atoms with Crippen LogP contribution in [0.2, 0.25) is 5.02 Å². The molecule has 1 aliphatic rings. The molecule has 134 valence electrons. The summed E-state index contributed by atoms with van der Waals surface area (Å²) in [5.41, 5.74) is 0.968. The van der Waals surface area contributed by atoms with Crippen molar-refractivity contribution in [3.05, 3.63) is 40.5 Å². The van der Waals surface area contributed by atoms with Crippen LogP contribution >= 0.6 is 11.6 Å². The van der Waals surface area contributed by atoms with Gasteiger partial charge in [0.1, 0.15) is 5.75 Å². The Hall–Kier alpha value is -2.08. The minimum absolute atomic E-state index is 0.0444. The SMILES string of the molecule is CC(C)c1noc(CCC(=O)N[C@H]2CCCOc3cc(Cl)ccc32)n1. The van der Waals surface area contributed by atoms with Gasteiger partial charge in [0.15, 0.2) is 5.82 Å². The third-order valence-electron chi connectivity index (χ3n) is 4.15. The van der Waals surface area contributed by atoms with E-state index in [1.165, 1.54) is 0 Å². The number of hydrogen-bond acceptors (Lipinski definition) is 5. The lowest BCUT2D eigenvalue weighted by Crippen LogP contribution is -2.28. The summed E-state index contributed by atoms with van der Waals surface area (Å²) >= 11 is 6.03. The first-order chi connectivity index (χ1) is 12.0. The molecule has 1 N–H and O–H groups in total. The van der Waals surface area contributed by atoms with Crippen LogP contribution in [0.1, 0.15) is 62.3 Å². The van der Waals surface area contributed by atoms with Crippen LogP contribution in [0.4, 0.5) is 0 Å². The Morgan fingerprint density at radius 2 is 2.28 bits per heavy atom. The number of carbonyl (C=O) groups excluding carboxylic acids is 1. The number of halogens is 1. The topological polar surface area (TPSA) is 77.2 Å². The highest BCUT2D eigenvalue weighted by molar-refractivity contribution is 6.30. The van der Waals surface area contributed by atoms with Crippen molar-refractivity contribution in [1.29, 1.82) is 0 Å². The van der Waals surface area contributed by atoms with Crippen molar-refractivity contribution in [2.45, 2.75) is 51.5 Å². The largest absolute Gasteiger partial charge is 0.493 e. The fraction of sp³-hybridized carbons (Fsp3) is 0.500. The summed E-state index contributed by atoms with van der Waals surface area (Å²) in [6, 6.07) is 5.46. The van der Waals surface area contributed by atoms with Crippen LogP contribution in [0.3, 0.4) is 0 Å². The molecule has 0 saturated heterocycles. The molecule has 0 aliphatic carbocycles. The highest BCUT2D eigenvalue weighted by Gasteiger charge is 2.22. The zero-order chi connectivity index (χ0) is 17.8. The van der Waals surface area contributed by atoms with Crippen LogP contribution in [0.15, 0.2) is 22.7 Å². The van der Waals surface area contributed by atoms with Gasteiger partial charge < -0.3 is 14.6 Å². The lowest BCUT2D eigenvalue weighted by atomic mass is 10.0. The lowest BCUT2D eigenvalue weighted by Gasteiger charge is -2.18. The van der Waals surface area contributed by atoms with Gasteiger partial charge >= 0.3 is 0 Å². The molecule has 7 heteroatoms. The quantitative estimate of drug-likeness (QED) is 0.874. The summed E-state index contributed by atoms with van der Waals surface area (Å²) in [6.45, 7) is 4.62. The standard InChI is InChI=1S/C18H22ClN3O3/c1-11(2)18-21-17(25-22-18)8-7-16(23)20-14-4-3-9-24-15-10-12(19)5-6-13(14)15/h5-6,10-11,14H,3-4,7-9H2,1-2H3,(H,20,23)/t14-/m0/s1. The fourth-order valence-corrected chi connectivity index (χ4v) is 2.95. The number of hydrogen-bond donors (Lipinski definition) is 1. The van der Waals surface area contributed by atoms with Crippen molar-refractivity contribution in [2.24, 2.45) is 0 Å². The van der Waals surface area contributed by atoms with Crippen LogP contribution in [-0.4, -0.2) is 22.7 Å².